The number of carbonyl (C=O) groups excluding carboxylic acids is 1. The molecule has 2 fully saturated rings. The zero-order valence-corrected chi connectivity index (χ0v) is 12.2. The molecule has 4 heteroatoms. The highest BCUT2D eigenvalue weighted by molar-refractivity contribution is 6.30. The Balaban J connectivity index is 1.78. The Morgan fingerprint density at radius 1 is 1.15 bits per heavy atom. The van der Waals surface area contributed by atoms with Gasteiger partial charge in [0.2, 0.25) is 5.91 Å². The first-order valence-electron chi connectivity index (χ1n) is 7.30. The van der Waals surface area contributed by atoms with E-state index in [2.05, 4.69) is 5.32 Å². The molecule has 2 saturated carbocycles. The highest BCUT2D eigenvalue weighted by Gasteiger charge is 2.53. The number of carbonyl (C=O) groups is 1. The molecule has 20 heavy (non-hydrogen) atoms. The summed E-state index contributed by atoms with van der Waals surface area (Å²) < 4.78 is 0. The van der Waals surface area contributed by atoms with Crippen molar-refractivity contribution in [2.24, 2.45) is 0 Å². The molecule has 0 aromatic heterocycles. The number of rotatable bonds is 4. The summed E-state index contributed by atoms with van der Waals surface area (Å²) >= 11 is 5.91. The molecule has 0 radical (unpaired) electrons. The van der Waals surface area contributed by atoms with Crippen LogP contribution < -0.4 is 5.32 Å². The molecule has 108 valence electrons. The van der Waals surface area contributed by atoms with Crippen LogP contribution in [0.25, 0.3) is 0 Å². The standard InChI is InChI=1S/C16H20ClNO2/c17-13-5-3-12(4-6-13)16(9-10-16)14(20)18-15(11-19)7-1-2-8-15/h3-6,19H,1-2,7-11H2,(H,18,20). The molecule has 0 saturated heterocycles. The van der Waals surface area contributed by atoms with Gasteiger partial charge in [0.1, 0.15) is 0 Å². The van der Waals surface area contributed by atoms with E-state index in [9.17, 15) is 9.90 Å². The van der Waals surface area contributed by atoms with Crippen molar-refractivity contribution in [3.8, 4) is 0 Å². The van der Waals surface area contributed by atoms with E-state index in [0.29, 0.717) is 5.02 Å². The third-order valence-electron chi connectivity index (χ3n) is 4.82. The van der Waals surface area contributed by atoms with Gasteiger partial charge in [-0.2, -0.15) is 0 Å². The predicted molar refractivity (Wildman–Crippen MR) is 78.8 cm³/mol. The molecule has 0 atom stereocenters. The van der Waals surface area contributed by atoms with Crippen molar-refractivity contribution in [1.82, 2.24) is 5.32 Å². The second kappa shape index (κ2) is 5.05. The molecule has 0 unspecified atom stereocenters. The monoisotopic (exact) mass is 293 g/mol. The van der Waals surface area contributed by atoms with Crippen LogP contribution in [0.15, 0.2) is 24.3 Å². The van der Waals surface area contributed by atoms with Crippen molar-refractivity contribution in [3.63, 3.8) is 0 Å². The Morgan fingerprint density at radius 3 is 2.25 bits per heavy atom. The zero-order chi connectivity index (χ0) is 14.2. The predicted octanol–water partition coefficient (Wildman–Crippen LogP) is 2.79. The molecule has 2 aliphatic carbocycles. The Morgan fingerprint density at radius 2 is 1.75 bits per heavy atom. The quantitative estimate of drug-likeness (QED) is 0.897. The summed E-state index contributed by atoms with van der Waals surface area (Å²) in [5.74, 6) is 0.0655. The minimum atomic E-state index is -0.394. The van der Waals surface area contributed by atoms with Crippen LogP contribution in [-0.2, 0) is 10.2 Å². The summed E-state index contributed by atoms with van der Waals surface area (Å²) in [6.07, 6.45) is 5.67. The largest absolute Gasteiger partial charge is 0.394 e. The van der Waals surface area contributed by atoms with E-state index in [0.717, 1.165) is 44.1 Å². The Hall–Kier alpha value is -1.06. The van der Waals surface area contributed by atoms with Crippen LogP contribution in [0.2, 0.25) is 5.02 Å². The number of halogens is 1. The molecule has 2 N–H and O–H groups in total. The summed E-state index contributed by atoms with van der Waals surface area (Å²) in [6.45, 7) is 0.0371. The normalized spacial score (nSPS) is 22.5. The molecule has 0 spiro atoms. The van der Waals surface area contributed by atoms with E-state index in [1.807, 2.05) is 24.3 Å². The molecular formula is C16H20ClNO2. The molecule has 2 aliphatic rings. The SMILES string of the molecule is O=C(NC1(CO)CCCC1)C1(c2ccc(Cl)cc2)CC1. The fourth-order valence-corrected chi connectivity index (χ4v) is 3.40. The first-order valence-corrected chi connectivity index (χ1v) is 7.68. The van der Waals surface area contributed by atoms with Crippen molar-refractivity contribution >= 4 is 17.5 Å². The lowest BCUT2D eigenvalue weighted by molar-refractivity contribution is -0.126. The minimum Gasteiger partial charge on any atom is -0.394 e. The highest BCUT2D eigenvalue weighted by atomic mass is 35.5. The number of hydrogen-bond acceptors (Lipinski definition) is 2. The number of aliphatic hydroxyl groups is 1. The second-order valence-corrected chi connectivity index (χ2v) is 6.63. The van der Waals surface area contributed by atoms with Gasteiger partial charge in [-0.25, -0.2) is 0 Å². The maximum absolute atomic E-state index is 12.7. The Bertz CT molecular complexity index is 502. The van der Waals surface area contributed by atoms with Crippen molar-refractivity contribution in [2.45, 2.75) is 49.5 Å². The topological polar surface area (TPSA) is 49.3 Å². The minimum absolute atomic E-state index is 0.0371. The number of amides is 1. The van der Waals surface area contributed by atoms with Crippen molar-refractivity contribution in [3.05, 3.63) is 34.9 Å². The van der Waals surface area contributed by atoms with Gasteiger partial charge in [-0.15, -0.1) is 0 Å². The van der Waals surface area contributed by atoms with Crippen LogP contribution in [0.4, 0.5) is 0 Å². The van der Waals surface area contributed by atoms with Gasteiger partial charge in [0.15, 0.2) is 0 Å². The fourth-order valence-electron chi connectivity index (χ4n) is 3.28. The summed E-state index contributed by atoms with van der Waals surface area (Å²) in [4.78, 5) is 12.7. The summed E-state index contributed by atoms with van der Waals surface area (Å²) in [5, 5.41) is 13.4. The van der Waals surface area contributed by atoms with Gasteiger partial charge < -0.3 is 10.4 Å². The van der Waals surface area contributed by atoms with Crippen molar-refractivity contribution < 1.29 is 9.90 Å². The van der Waals surface area contributed by atoms with Crippen molar-refractivity contribution in [1.29, 1.82) is 0 Å². The third-order valence-corrected chi connectivity index (χ3v) is 5.08. The lowest BCUT2D eigenvalue weighted by Crippen LogP contribution is -2.52. The van der Waals surface area contributed by atoms with E-state index in [1.165, 1.54) is 0 Å². The summed E-state index contributed by atoms with van der Waals surface area (Å²) in [6, 6.07) is 7.55. The number of aliphatic hydroxyl groups excluding tert-OH is 1. The van der Waals surface area contributed by atoms with E-state index >= 15 is 0 Å². The van der Waals surface area contributed by atoms with E-state index < -0.39 is 5.41 Å². The van der Waals surface area contributed by atoms with Gasteiger partial charge in [0.05, 0.1) is 17.6 Å². The molecule has 3 rings (SSSR count). The van der Waals surface area contributed by atoms with Gasteiger partial charge in [-0.05, 0) is 43.4 Å². The van der Waals surface area contributed by atoms with E-state index in [4.69, 9.17) is 11.6 Å². The van der Waals surface area contributed by atoms with Crippen LogP contribution in [-0.4, -0.2) is 23.2 Å². The smallest absolute Gasteiger partial charge is 0.231 e. The molecule has 0 aliphatic heterocycles. The molecule has 1 aromatic carbocycles. The Labute approximate surface area is 124 Å². The molecule has 0 heterocycles. The van der Waals surface area contributed by atoms with E-state index in [-0.39, 0.29) is 18.1 Å². The Kier molecular flexibility index (Phi) is 3.51. The van der Waals surface area contributed by atoms with Crippen LogP contribution in [0, 0.1) is 0 Å². The zero-order valence-electron chi connectivity index (χ0n) is 11.5. The lowest BCUT2D eigenvalue weighted by atomic mass is 9.91. The van der Waals surface area contributed by atoms with Crippen LogP contribution >= 0.6 is 11.6 Å². The van der Waals surface area contributed by atoms with Gasteiger partial charge in [0, 0.05) is 5.02 Å². The molecule has 1 amide bonds. The first kappa shape index (κ1) is 13.9. The maximum Gasteiger partial charge on any atom is 0.231 e. The molecule has 0 bridgehead atoms. The number of nitrogens with one attached hydrogen (secondary N) is 1. The summed E-state index contributed by atoms with van der Waals surface area (Å²) in [7, 11) is 0. The van der Waals surface area contributed by atoms with Gasteiger partial charge >= 0.3 is 0 Å². The van der Waals surface area contributed by atoms with Gasteiger partial charge in [-0.1, -0.05) is 36.6 Å². The average molecular weight is 294 g/mol. The molecular weight excluding hydrogens is 274 g/mol. The van der Waals surface area contributed by atoms with Gasteiger partial charge in [0.25, 0.3) is 0 Å². The number of benzene rings is 1. The number of hydrogen-bond donors (Lipinski definition) is 2. The maximum atomic E-state index is 12.7. The average Bonchev–Trinajstić information content (AvgIpc) is 3.14. The second-order valence-electron chi connectivity index (χ2n) is 6.19. The fraction of sp³-hybridized carbons (Fsp3) is 0.562. The lowest BCUT2D eigenvalue weighted by Gasteiger charge is -2.30. The van der Waals surface area contributed by atoms with Crippen LogP contribution in [0.3, 0.4) is 0 Å². The summed E-state index contributed by atoms with van der Waals surface area (Å²) in [5.41, 5.74) is 0.250. The van der Waals surface area contributed by atoms with Crippen LogP contribution in [0.1, 0.15) is 44.1 Å². The highest BCUT2D eigenvalue weighted by Crippen LogP contribution is 2.49. The third kappa shape index (κ3) is 2.33. The molecule has 3 nitrogen and oxygen atoms in total. The van der Waals surface area contributed by atoms with E-state index in [1.54, 1.807) is 0 Å². The van der Waals surface area contributed by atoms with Crippen molar-refractivity contribution in [2.75, 3.05) is 6.61 Å². The first-order chi connectivity index (χ1) is 9.60. The van der Waals surface area contributed by atoms with Gasteiger partial charge in [-0.3, -0.25) is 4.79 Å². The van der Waals surface area contributed by atoms with Crippen LogP contribution in [0.5, 0.6) is 0 Å². The molecule has 1 aromatic rings.